The molecular formula is C25H32N4O3. The molecule has 0 radical (unpaired) electrons. The maximum absolute atomic E-state index is 12.8. The van der Waals surface area contributed by atoms with E-state index in [1.165, 1.54) is 4.90 Å². The number of aliphatic imine (C=N–C) groups is 1. The first-order valence-corrected chi connectivity index (χ1v) is 11.5. The van der Waals surface area contributed by atoms with Gasteiger partial charge in [-0.15, -0.1) is 0 Å². The van der Waals surface area contributed by atoms with Gasteiger partial charge in [-0.25, -0.2) is 4.99 Å². The summed E-state index contributed by atoms with van der Waals surface area (Å²) < 4.78 is 5.70. The first-order valence-electron chi connectivity index (χ1n) is 11.5. The van der Waals surface area contributed by atoms with Crippen LogP contribution in [0.5, 0.6) is 5.75 Å². The standard InChI is InChI=1S/C25H32N4O3/c1-3-14-32-20-9-6-5-8-19(20)16-28-25(26-4-2)27-12-7-13-29-23(30)21-17-10-11-18(15-17)22(21)24(29)31/h3,5-6,8-11,17-18,21-22H,1,4,7,12-16H2,2H3,(H2,26,27,28). The van der Waals surface area contributed by atoms with E-state index >= 15 is 0 Å². The van der Waals surface area contributed by atoms with Crippen molar-refractivity contribution in [1.29, 1.82) is 0 Å². The number of rotatable bonds is 10. The zero-order chi connectivity index (χ0) is 22.5. The summed E-state index contributed by atoms with van der Waals surface area (Å²) in [5, 5.41) is 6.55. The van der Waals surface area contributed by atoms with Crippen molar-refractivity contribution in [2.45, 2.75) is 26.3 Å². The van der Waals surface area contributed by atoms with Gasteiger partial charge in [-0.3, -0.25) is 14.5 Å². The third-order valence-electron chi connectivity index (χ3n) is 6.49. The molecule has 32 heavy (non-hydrogen) atoms. The van der Waals surface area contributed by atoms with E-state index in [-0.39, 0.29) is 35.5 Å². The van der Waals surface area contributed by atoms with Gasteiger partial charge in [0.1, 0.15) is 12.4 Å². The molecule has 170 valence electrons. The van der Waals surface area contributed by atoms with Crippen molar-refractivity contribution in [3.05, 3.63) is 54.6 Å². The maximum atomic E-state index is 12.8. The summed E-state index contributed by atoms with van der Waals surface area (Å²) in [7, 11) is 0. The van der Waals surface area contributed by atoms with E-state index in [1.54, 1.807) is 6.08 Å². The Bertz CT molecular complexity index is 896. The first-order chi connectivity index (χ1) is 15.6. The predicted molar refractivity (Wildman–Crippen MR) is 124 cm³/mol. The minimum Gasteiger partial charge on any atom is -0.489 e. The normalized spacial score (nSPS) is 25.9. The Kier molecular flexibility index (Phi) is 6.93. The molecule has 2 bridgehead atoms. The molecule has 7 nitrogen and oxygen atoms in total. The largest absolute Gasteiger partial charge is 0.489 e. The molecule has 4 unspecified atom stereocenters. The van der Waals surface area contributed by atoms with Crippen molar-refractivity contribution in [2.75, 3.05) is 26.2 Å². The second-order valence-electron chi connectivity index (χ2n) is 8.51. The summed E-state index contributed by atoms with van der Waals surface area (Å²) in [6.45, 7) is 8.45. The number of guanidine groups is 1. The van der Waals surface area contributed by atoms with Crippen molar-refractivity contribution in [3.63, 3.8) is 0 Å². The minimum atomic E-state index is -0.118. The molecule has 1 aromatic rings. The summed E-state index contributed by atoms with van der Waals surface area (Å²) >= 11 is 0. The quantitative estimate of drug-likeness (QED) is 0.194. The fourth-order valence-corrected chi connectivity index (χ4v) is 5.06. The van der Waals surface area contributed by atoms with E-state index in [2.05, 4.69) is 34.4 Å². The molecule has 0 spiro atoms. The second-order valence-corrected chi connectivity index (χ2v) is 8.51. The van der Waals surface area contributed by atoms with Gasteiger partial charge in [0, 0.05) is 25.2 Å². The highest BCUT2D eigenvalue weighted by Gasteiger charge is 2.58. The SMILES string of the molecule is C=CCOc1ccccc1CN=C(NCC)NCCCN1C(=O)C2C3C=CC(C3)C2C1=O. The minimum absolute atomic E-state index is 0.0218. The van der Waals surface area contributed by atoms with Crippen molar-refractivity contribution in [1.82, 2.24) is 15.5 Å². The smallest absolute Gasteiger partial charge is 0.233 e. The summed E-state index contributed by atoms with van der Waals surface area (Å²) in [5.41, 5.74) is 0.995. The van der Waals surface area contributed by atoms with Gasteiger partial charge in [0.2, 0.25) is 11.8 Å². The number of carbonyl (C=O) groups is 2. The average molecular weight is 437 g/mol. The number of fused-ring (bicyclic) bond motifs is 5. The number of likely N-dealkylation sites (tertiary alicyclic amines) is 1. The van der Waals surface area contributed by atoms with Crippen LogP contribution in [0.3, 0.4) is 0 Å². The number of benzene rings is 1. The molecular weight excluding hydrogens is 404 g/mol. The van der Waals surface area contributed by atoms with Gasteiger partial charge in [-0.1, -0.05) is 43.0 Å². The van der Waals surface area contributed by atoms with E-state index in [4.69, 9.17) is 4.74 Å². The highest BCUT2D eigenvalue weighted by atomic mass is 16.5. The monoisotopic (exact) mass is 436 g/mol. The van der Waals surface area contributed by atoms with E-state index in [0.717, 1.165) is 24.3 Å². The summed E-state index contributed by atoms with van der Waals surface area (Å²) in [5.74, 6) is 1.82. The molecule has 2 N–H and O–H groups in total. The van der Waals surface area contributed by atoms with Crippen molar-refractivity contribution in [3.8, 4) is 5.75 Å². The van der Waals surface area contributed by atoms with Crippen LogP contribution >= 0.6 is 0 Å². The first kappa shape index (κ1) is 22.1. The molecule has 7 heteroatoms. The van der Waals surface area contributed by atoms with Crippen LogP contribution in [0.1, 0.15) is 25.3 Å². The number of hydrogen-bond donors (Lipinski definition) is 2. The Balaban J connectivity index is 1.28. The van der Waals surface area contributed by atoms with Crippen LogP contribution in [0.2, 0.25) is 0 Å². The molecule has 2 fully saturated rings. The Morgan fingerprint density at radius 1 is 1.19 bits per heavy atom. The Labute approximate surface area is 189 Å². The molecule has 4 rings (SSSR count). The number of carbonyl (C=O) groups excluding carboxylic acids is 2. The molecule has 0 aromatic heterocycles. The number of nitrogens with one attached hydrogen (secondary N) is 2. The van der Waals surface area contributed by atoms with Gasteiger partial charge in [0.25, 0.3) is 0 Å². The lowest BCUT2D eigenvalue weighted by Gasteiger charge is -2.18. The Hall–Kier alpha value is -3.09. The number of allylic oxidation sites excluding steroid dienone is 2. The lowest BCUT2D eigenvalue weighted by molar-refractivity contribution is -0.140. The average Bonchev–Trinajstić information content (AvgIpc) is 3.48. The lowest BCUT2D eigenvalue weighted by atomic mass is 9.85. The van der Waals surface area contributed by atoms with Gasteiger partial charge in [0.05, 0.1) is 18.4 Å². The third kappa shape index (κ3) is 4.42. The van der Waals surface area contributed by atoms with Crippen LogP contribution in [-0.2, 0) is 16.1 Å². The van der Waals surface area contributed by atoms with E-state index < -0.39 is 0 Å². The number of imide groups is 1. The molecule has 3 aliphatic rings. The highest BCUT2D eigenvalue weighted by molar-refractivity contribution is 6.06. The van der Waals surface area contributed by atoms with Crippen molar-refractivity contribution in [2.24, 2.45) is 28.7 Å². The van der Waals surface area contributed by atoms with Crippen molar-refractivity contribution >= 4 is 17.8 Å². The number of hydrogen-bond acceptors (Lipinski definition) is 4. The Morgan fingerprint density at radius 2 is 1.91 bits per heavy atom. The van der Waals surface area contributed by atoms with E-state index in [1.807, 2.05) is 31.2 Å². The van der Waals surface area contributed by atoms with E-state index in [0.29, 0.717) is 38.6 Å². The van der Waals surface area contributed by atoms with Crippen LogP contribution in [0.15, 0.2) is 54.1 Å². The van der Waals surface area contributed by atoms with Crippen LogP contribution in [0.25, 0.3) is 0 Å². The molecule has 1 saturated carbocycles. The summed E-state index contributed by atoms with van der Waals surface area (Å²) in [6.07, 6.45) is 7.62. The van der Waals surface area contributed by atoms with Crippen molar-refractivity contribution < 1.29 is 14.3 Å². The molecule has 2 aliphatic carbocycles. The highest BCUT2D eigenvalue weighted by Crippen LogP contribution is 2.52. The lowest BCUT2D eigenvalue weighted by Crippen LogP contribution is -2.40. The zero-order valence-electron chi connectivity index (χ0n) is 18.6. The summed E-state index contributed by atoms with van der Waals surface area (Å²) in [4.78, 5) is 31.7. The number of nitrogens with zero attached hydrogens (tertiary/aromatic N) is 2. The molecule has 1 heterocycles. The molecule has 1 aromatic carbocycles. The molecule has 2 amide bonds. The van der Waals surface area contributed by atoms with Crippen LogP contribution in [0.4, 0.5) is 0 Å². The molecule has 1 saturated heterocycles. The summed E-state index contributed by atoms with van der Waals surface area (Å²) in [6, 6.07) is 7.82. The molecule has 1 aliphatic heterocycles. The number of amides is 2. The predicted octanol–water partition coefficient (Wildman–Crippen LogP) is 2.50. The maximum Gasteiger partial charge on any atom is 0.233 e. The third-order valence-corrected chi connectivity index (χ3v) is 6.49. The zero-order valence-corrected chi connectivity index (χ0v) is 18.6. The second kappa shape index (κ2) is 10.0. The van der Waals surface area contributed by atoms with Crippen LogP contribution in [0, 0.1) is 23.7 Å². The fraction of sp³-hybridized carbons (Fsp3) is 0.480. The van der Waals surface area contributed by atoms with E-state index in [9.17, 15) is 9.59 Å². The fourth-order valence-electron chi connectivity index (χ4n) is 5.06. The molecule has 4 atom stereocenters. The number of para-hydroxylation sites is 1. The van der Waals surface area contributed by atoms with Crippen LogP contribution < -0.4 is 15.4 Å². The topological polar surface area (TPSA) is 83.0 Å². The van der Waals surface area contributed by atoms with Gasteiger partial charge < -0.3 is 15.4 Å². The van der Waals surface area contributed by atoms with Gasteiger partial charge in [0.15, 0.2) is 5.96 Å². The number of ether oxygens (including phenoxy) is 1. The Morgan fingerprint density at radius 3 is 2.59 bits per heavy atom. The van der Waals surface area contributed by atoms with Crippen LogP contribution in [-0.4, -0.2) is 48.9 Å². The van der Waals surface area contributed by atoms with Gasteiger partial charge >= 0.3 is 0 Å². The van der Waals surface area contributed by atoms with Gasteiger partial charge in [-0.2, -0.15) is 0 Å². The van der Waals surface area contributed by atoms with Gasteiger partial charge in [-0.05, 0) is 37.7 Å².